The summed E-state index contributed by atoms with van der Waals surface area (Å²) in [5.41, 5.74) is 5.87. The molecule has 0 aromatic heterocycles. The number of rotatable bonds is 0. The van der Waals surface area contributed by atoms with Gasteiger partial charge in [0.1, 0.15) is 0 Å². The van der Waals surface area contributed by atoms with Crippen LogP contribution in [0.3, 0.4) is 0 Å². The Bertz CT molecular complexity index is 1340. The summed E-state index contributed by atoms with van der Waals surface area (Å²) in [7, 11) is 0. The van der Waals surface area contributed by atoms with Crippen LogP contribution in [0, 0.1) is 17.9 Å². The van der Waals surface area contributed by atoms with E-state index in [1.165, 1.54) is 0 Å². The molecule has 0 radical (unpaired) electrons. The lowest BCUT2D eigenvalue weighted by Gasteiger charge is -2.47. The van der Waals surface area contributed by atoms with Crippen molar-refractivity contribution in [2.24, 2.45) is 0 Å². The lowest BCUT2D eigenvalue weighted by atomic mass is 9.55. The number of hydrogen-bond donors (Lipinski definition) is 1. The third-order valence-corrected chi connectivity index (χ3v) is 6.70. The van der Waals surface area contributed by atoms with Gasteiger partial charge < -0.3 is 5.32 Å². The first-order valence-corrected chi connectivity index (χ1v) is 10.2. The molecular weight excluding hydrogens is 378 g/mol. The van der Waals surface area contributed by atoms with Crippen LogP contribution in [0.1, 0.15) is 33.4 Å². The molecule has 3 heteroatoms. The van der Waals surface area contributed by atoms with E-state index in [2.05, 4.69) is 64.8 Å². The third kappa shape index (κ3) is 1.96. The summed E-state index contributed by atoms with van der Waals surface area (Å²) < 4.78 is 0. The largest absolute Gasteiger partial charge is 0.366 e. The van der Waals surface area contributed by atoms with Gasteiger partial charge in [-0.25, -0.2) is 6.57 Å². The SMILES string of the molecule is [C-]#[N+]C1(C#N)c2ccccc2C2(c3ccccc3Nc3ccccc32)c2ccccc21. The molecule has 0 saturated carbocycles. The Morgan fingerprint density at radius 3 is 1.42 bits per heavy atom. The minimum atomic E-state index is -1.37. The molecule has 1 N–H and O–H groups in total. The van der Waals surface area contributed by atoms with E-state index < -0.39 is 11.0 Å². The monoisotopic (exact) mass is 395 g/mol. The van der Waals surface area contributed by atoms with Crippen LogP contribution in [0.15, 0.2) is 97.1 Å². The molecule has 1 spiro atoms. The molecule has 31 heavy (non-hydrogen) atoms. The summed E-state index contributed by atoms with van der Waals surface area (Å²) in [5, 5.41) is 13.9. The highest BCUT2D eigenvalue weighted by molar-refractivity contribution is 5.85. The van der Waals surface area contributed by atoms with Crippen molar-refractivity contribution >= 4 is 11.4 Å². The molecule has 1 aliphatic carbocycles. The highest BCUT2D eigenvalue weighted by atomic mass is 14.9. The van der Waals surface area contributed by atoms with Crippen molar-refractivity contribution in [3.05, 3.63) is 142 Å². The van der Waals surface area contributed by atoms with Crippen LogP contribution in [0.25, 0.3) is 4.85 Å². The summed E-state index contributed by atoms with van der Waals surface area (Å²) >= 11 is 0. The maximum Gasteiger partial charge on any atom is 0.366 e. The molecule has 1 heterocycles. The van der Waals surface area contributed by atoms with Gasteiger partial charge in [0.25, 0.3) is 0 Å². The van der Waals surface area contributed by atoms with Crippen LogP contribution >= 0.6 is 0 Å². The smallest absolute Gasteiger partial charge is 0.355 e. The number of nitrogens with zero attached hydrogens (tertiary/aromatic N) is 2. The quantitative estimate of drug-likeness (QED) is 0.321. The first-order chi connectivity index (χ1) is 15.3. The molecule has 4 aromatic carbocycles. The Hall–Kier alpha value is -4.34. The number of benzene rings is 4. The van der Waals surface area contributed by atoms with E-state index in [1.54, 1.807) is 0 Å². The highest BCUT2D eigenvalue weighted by Crippen LogP contribution is 2.60. The van der Waals surface area contributed by atoms with Crippen molar-refractivity contribution in [2.45, 2.75) is 11.0 Å². The van der Waals surface area contributed by atoms with Crippen molar-refractivity contribution in [2.75, 3.05) is 5.32 Å². The van der Waals surface area contributed by atoms with Gasteiger partial charge in [0.2, 0.25) is 0 Å². The van der Waals surface area contributed by atoms with E-state index in [1.807, 2.05) is 48.5 Å². The topological polar surface area (TPSA) is 40.2 Å². The fourth-order valence-corrected chi connectivity index (χ4v) is 5.52. The maximum absolute atomic E-state index is 10.3. The van der Waals surface area contributed by atoms with Crippen molar-refractivity contribution in [3.8, 4) is 6.07 Å². The zero-order chi connectivity index (χ0) is 21.1. The zero-order valence-electron chi connectivity index (χ0n) is 16.6. The van der Waals surface area contributed by atoms with Crippen LogP contribution < -0.4 is 5.32 Å². The Morgan fingerprint density at radius 1 is 0.613 bits per heavy atom. The number of hydrogen-bond acceptors (Lipinski definition) is 2. The molecule has 1 aliphatic heterocycles. The number of fused-ring (bicyclic) bond motifs is 8. The Labute approximate surface area is 181 Å². The predicted octanol–water partition coefficient (Wildman–Crippen LogP) is 6.13. The summed E-state index contributed by atoms with van der Waals surface area (Å²) in [4.78, 5) is 3.94. The fraction of sp³-hybridized carbons (Fsp3) is 0.0714. The van der Waals surface area contributed by atoms with E-state index >= 15 is 0 Å². The van der Waals surface area contributed by atoms with Crippen LogP contribution in [0.5, 0.6) is 0 Å². The Kier molecular flexibility index (Phi) is 3.43. The maximum atomic E-state index is 10.3. The van der Waals surface area contributed by atoms with E-state index in [9.17, 15) is 5.26 Å². The van der Waals surface area contributed by atoms with Crippen molar-refractivity contribution in [1.29, 1.82) is 5.26 Å². The summed E-state index contributed by atoms with van der Waals surface area (Å²) in [6.45, 7) is 8.09. The van der Waals surface area contributed by atoms with Crippen LogP contribution in [0.2, 0.25) is 0 Å². The van der Waals surface area contributed by atoms with Crippen molar-refractivity contribution < 1.29 is 0 Å². The molecule has 0 fully saturated rings. The predicted molar refractivity (Wildman–Crippen MR) is 121 cm³/mol. The second kappa shape index (κ2) is 6.08. The molecule has 0 bridgehead atoms. The molecule has 0 unspecified atom stereocenters. The molecule has 3 nitrogen and oxygen atoms in total. The van der Waals surface area contributed by atoms with Crippen LogP contribution in [-0.2, 0) is 11.0 Å². The first-order valence-electron chi connectivity index (χ1n) is 10.2. The fourth-order valence-electron chi connectivity index (χ4n) is 5.52. The molecule has 0 atom stereocenters. The van der Waals surface area contributed by atoms with E-state index in [0.717, 1.165) is 44.8 Å². The standard InChI is InChI=1S/C28H17N3/c1-30-27(18-29)19-10-2-4-12-21(19)28(22-13-5-3-11-20(22)27)23-14-6-8-16-25(23)31-26-17-9-7-15-24(26)28/h2-17,31H. The number of para-hydroxylation sites is 2. The molecular formula is C28H17N3. The second-order valence-electron chi connectivity index (χ2n) is 7.99. The number of nitrogens with one attached hydrogen (secondary N) is 1. The highest BCUT2D eigenvalue weighted by Gasteiger charge is 2.58. The third-order valence-electron chi connectivity index (χ3n) is 6.70. The average molecular weight is 395 g/mol. The number of anilines is 2. The van der Waals surface area contributed by atoms with Gasteiger partial charge >= 0.3 is 5.54 Å². The van der Waals surface area contributed by atoms with Gasteiger partial charge in [-0.1, -0.05) is 72.8 Å². The molecule has 0 saturated heterocycles. The lowest BCUT2D eigenvalue weighted by molar-refractivity contribution is 0.641. The minimum absolute atomic E-state index is 0.614. The van der Waals surface area contributed by atoms with Crippen LogP contribution in [-0.4, -0.2) is 0 Å². The molecule has 0 amide bonds. The molecule has 144 valence electrons. The van der Waals surface area contributed by atoms with Crippen molar-refractivity contribution in [3.63, 3.8) is 0 Å². The Morgan fingerprint density at radius 2 is 1.00 bits per heavy atom. The van der Waals surface area contributed by atoms with Gasteiger partial charge in [-0.3, -0.25) is 4.85 Å². The van der Waals surface area contributed by atoms with Gasteiger partial charge in [0.05, 0.1) is 16.5 Å². The lowest BCUT2D eigenvalue weighted by Crippen LogP contribution is -2.44. The molecule has 6 rings (SSSR count). The summed E-state index contributed by atoms with van der Waals surface area (Å²) in [6.07, 6.45) is 0. The van der Waals surface area contributed by atoms with Gasteiger partial charge in [0, 0.05) is 11.4 Å². The first kappa shape index (κ1) is 17.5. The van der Waals surface area contributed by atoms with Gasteiger partial charge in [-0.05, 0) is 46.5 Å². The molecule has 2 aliphatic rings. The van der Waals surface area contributed by atoms with E-state index in [-0.39, 0.29) is 0 Å². The van der Waals surface area contributed by atoms with Gasteiger partial charge in [-0.2, -0.15) is 5.26 Å². The van der Waals surface area contributed by atoms with Gasteiger partial charge in [-0.15, -0.1) is 0 Å². The number of nitriles is 1. The van der Waals surface area contributed by atoms with E-state index in [4.69, 9.17) is 6.57 Å². The van der Waals surface area contributed by atoms with Gasteiger partial charge in [0.15, 0.2) is 6.07 Å². The van der Waals surface area contributed by atoms with Crippen LogP contribution in [0.4, 0.5) is 11.4 Å². The molecule has 4 aromatic rings. The summed E-state index contributed by atoms with van der Waals surface area (Å²) in [5.74, 6) is 0. The van der Waals surface area contributed by atoms with E-state index in [0.29, 0.717) is 0 Å². The summed E-state index contributed by atoms with van der Waals surface area (Å²) in [6, 6.07) is 35.0. The zero-order valence-corrected chi connectivity index (χ0v) is 16.6. The second-order valence-corrected chi connectivity index (χ2v) is 7.99. The Balaban J connectivity index is 1.90. The normalized spacial score (nSPS) is 15.8. The minimum Gasteiger partial charge on any atom is -0.355 e. The van der Waals surface area contributed by atoms with Crippen molar-refractivity contribution in [1.82, 2.24) is 0 Å². The average Bonchev–Trinajstić information content (AvgIpc) is 2.84.